The van der Waals surface area contributed by atoms with E-state index in [1.807, 2.05) is 0 Å². The molecule has 4 aliphatic rings. The molecule has 3 aliphatic heterocycles. The molecule has 0 saturated carbocycles. The Morgan fingerprint density at radius 1 is 1.11 bits per heavy atom. The Balaban J connectivity index is 1.56. The molecular formula is C33H39F6N3O5. The summed E-state index contributed by atoms with van der Waals surface area (Å²) in [5.41, 5.74) is -1.68. The summed E-state index contributed by atoms with van der Waals surface area (Å²) in [6.45, 7) is 3.53. The minimum atomic E-state index is -4.87. The largest absolute Gasteiger partial charge is 0.497 e. The Bertz CT molecular complexity index is 1470. The number of fused-ring (bicyclic) bond motifs is 3. The van der Waals surface area contributed by atoms with Crippen molar-refractivity contribution >= 4 is 17.4 Å². The lowest BCUT2D eigenvalue weighted by molar-refractivity contribution is -0.138. The third-order valence-electron chi connectivity index (χ3n) is 9.43. The number of rotatable bonds is 7. The van der Waals surface area contributed by atoms with Crippen molar-refractivity contribution in [1.82, 2.24) is 4.90 Å². The van der Waals surface area contributed by atoms with Crippen molar-refractivity contribution in [3.8, 4) is 0 Å². The van der Waals surface area contributed by atoms with Gasteiger partial charge in [0.1, 0.15) is 23.4 Å². The van der Waals surface area contributed by atoms with Crippen LogP contribution in [0.3, 0.4) is 0 Å². The molecule has 8 nitrogen and oxygen atoms in total. The summed E-state index contributed by atoms with van der Waals surface area (Å²) < 4.78 is 98.5. The van der Waals surface area contributed by atoms with E-state index in [0.717, 1.165) is 23.1 Å². The summed E-state index contributed by atoms with van der Waals surface area (Å²) in [7, 11) is 1.45. The van der Waals surface area contributed by atoms with Crippen LogP contribution in [-0.4, -0.2) is 72.2 Å². The second-order valence-corrected chi connectivity index (χ2v) is 12.5. The Hall–Kier alpha value is -3.36. The van der Waals surface area contributed by atoms with Gasteiger partial charge < -0.3 is 24.6 Å². The second kappa shape index (κ2) is 13.6. The summed E-state index contributed by atoms with van der Waals surface area (Å²) >= 11 is 0. The number of piperidine rings is 1. The fraction of sp³-hybridized carbons (Fsp3) is 0.576. The van der Waals surface area contributed by atoms with Crippen LogP contribution < -0.4 is 4.90 Å². The summed E-state index contributed by atoms with van der Waals surface area (Å²) in [6.07, 6.45) is -8.34. The molecule has 47 heavy (non-hydrogen) atoms. The Kier molecular flexibility index (Phi) is 10.1. The molecule has 3 heterocycles. The van der Waals surface area contributed by atoms with Gasteiger partial charge in [0, 0.05) is 37.4 Å². The summed E-state index contributed by atoms with van der Waals surface area (Å²) in [6, 6.07) is 2.66. The maximum Gasteiger partial charge on any atom is 0.431 e. The molecular weight excluding hydrogens is 632 g/mol. The van der Waals surface area contributed by atoms with E-state index in [9.17, 15) is 41.4 Å². The first-order chi connectivity index (χ1) is 22.1. The first kappa shape index (κ1) is 35.0. The number of aliphatic imine (C=N–C) groups is 1. The van der Waals surface area contributed by atoms with Crippen LogP contribution in [-0.2, 0) is 20.4 Å². The SMILES string of the molecule is COC1=C(C)C(C2OC(CCC(=O)N3CCC(CC(O)O)CC3)C3=NCC(C)=C(C(F)(F)F)N3c3ccc(C(F)(F)F)cc32)CC=C1. The molecule has 14 heteroatoms. The number of alkyl halides is 6. The van der Waals surface area contributed by atoms with E-state index in [1.165, 1.54) is 14.0 Å². The summed E-state index contributed by atoms with van der Waals surface area (Å²) in [5.74, 6) is -0.428. The highest BCUT2D eigenvalue weighted by atomic mass is 19.4. The lowest BCUT2D eigenvalue weighted by Gasteiger charge is -2.36. The monoisotopic (exact) mass is 671 g/mol. The normalized spacial score (nSPS) is 24.3. The topological polar surface area (TPSA) is 94.8 Å². The van der Waals surface area contributed by atoms with Gasteiger partial charge in [0.2, 0.25) is 5.91 Å². The molecule has 0 radical (unpaired) electrons. The molecule has 1 saturated heterocycles. The number of halogens is 6. The van der Waals surface area contributed by atoms with Crippen LogP contribution in [0.5, 0.6) is 0 Å². The van der Waals surface area contributed by atoms with Crippen LogP contribution in [0.1, 0.15) is 69.6 Å². The number of amidine groups is 1. The van der Waals surface area contributed by atoms with Crippen molar-refractivity contribution in [3.63, 3.8) is 0 Å². The van der Waals surface area contributed by atoms with Crippen molar-refractivity contribution in [2.45, 2.75) is 83.2 Å². The second-order valence-electron chi connectivity index (χ2n) is 12.5. The maximum atomic E-state index is 14.8. The standard InChI is InChI=1S/C33H39F6N3O5/c1-18-17-40-31-26(9-10-27(43)41-13-11-20(12-14-41)15-28(44)45)47-29(22-5-4-6-25(46-3)19(22)2)23-16-21(32(34,35)36)7-8-24(23)42(31)30(18)33(37,38)39/h4,6-8,16,20,22,26,28-29,44-45H,5,9-15,17H2,1-3H3. The minimum Gasteiger partial charge on any atom is -0.497 e. The molecule has 1 aromatic rings. The maximum absolute atomic E-state index is 14.8. The summed E-state index contributed by atoms with van der Waals surface area (Å²) in [5, 5.41) is 18.6. The number of methoxy groups -OCH3 is 1. The third-order valence-corrected chi connectivity index (χ3v) is 9.43. The molecule has 1 fully saturated rings. The zero-order valence-electron chi connectivity index (χ0n) is 26.4. The van der Waals surface area contributed by atoms with Gasteiger partial charge in [-0.05, 0) is 80.9 Å². The van der Waals surface area contributed by atoms with Gasteiger partial charge in [-0.15, -0.1) is 0 Å². The lowest BCUT2D eigenvalue weighted by atomic mass is 9.82. The first-order valence-electron chi connectivity index (χ1n) is 15.6. The number of ether oxygens (including phenoxy) is 2. The molecule has 0 spiro atoms. The van der Waals surface area contributed by atoms with E-state index in [4.69, 9.17) is 9.47 Å². The Labute approximate surface area is 269 Å². The number of carbonyl (C=O) groups excluding carboxylic acids is 1. The number of likely N-dealkylation sites (tertiary alicyclic amines) is 1. The lowest BCUT2D eigenvalue weighted by Crippen LogP contribution is -2.46. The van der Waals surface area contributed by atoms with Crippen LogP contribution in [0.25, 0.3) is 0 Å². The molecule has 5 rings (SSSR count). The van der Waals surface area contributed by atoms with Gasteiger partial charge in [-0.1, -0.05) is 6.08 Å². The molecule has 2 N–H and O–H groups in total. The van der Waals surface area contributed by atoms with Crippen LogP contribution in [0.15, 0.2) is 57.9 Å². The predicted molar refractivity (Wildman–Crippen MR) is 161 cm³/mol. The number of carbonyl (C=O) groups is 1. The molecule has 1 aromatic carbocycles. The number of anilines is 1. The number of aliphatic hydroxyl groups excluding tert-OH is 1. The minimum absolute atomic E-state index is 0.0453. The highest BCUT2D eigenvalue weighted by molar-refractivity contribution is 6.06. The quantitative estimate of drug-likeness (QED) is 0.257. The summed E-state index contributed by atoms with van der Waals surface area (Å²) in [4.78, 5) is 20.3. The molecule has 0 bridgehead atoms. The van der Waals surface area contributed by atoms with E-state index in [-0.39, 0.29) is 60.3 Å². The Morgan fingerprint density at radius 2 is 1.81 bits per heavy atom. The van der Waals surface area contributed by atoms with Gasteiger partial charge in [-0.2, -0.15) is 26.3 Å². The van der Waals surface area contributed by atoms with E-state index in [1.54, 1.807) is 24.0 Å². The molecule has 258 valence electrons. The fourth-order valence-electron chi connectivity index (χ4n) is 7.01. The number of hydrogen-bond acceptors (Lipinski definition) is 7. The molecule has 3 unspecified atom stereocenters. The number of benzene rings is 1. The zero-order chi connectivity index (χ0) is 34.3. The van der Waals surface area contributed by atoms with Crippen LogP contribution in [0.4, 0.5) is 32.0 Å². The zero-order valence-corrected chi connectivity index (χ0v) is 26.4. The average molecular weight is 672 g/mol. The van der Waals surface area contributed by atoms with Crippen molar-refractivity contribution in [2.24, 2.45) is 16.8 Å². The van der Waals surface area contributed by atoms with Gasteiger partial charge in [-0.3, -0.25) is 14.7 Å². The van der Waals surface area contributed by atoms with Crippen LogP contribution >= 0.6 is 0 Å². The van der Waals surface area contributed by atoms with Crippen molar-refractivity contribution in [2.75, 3.05) is 31.6 Å². The number of hydrogen-bond donors (Lipinski definition) is 2. The van der Waals surface area contributed by atoms with E-state index in [2.05, 4.69) is 4.99 Å². The van der Waals surface area contributed by atoms with Crippen molar-refractivity contribution in [3.05, 3.63) is 64.1 Å². The van der Waals surface area contributed by atoms with Gasteiger partial charge in [0.15, 0.2) is 6.29 Å². The fourth-order valence-corrected chi connectivity index (χ4v) is 7.01. The number of nitrogens with zero attached hydrogens (tertiary/aromatic N) is 3. The Morgan fingerprint density at radius 3 is 2.43 bits per heavy atom. The van der Waals surface area contributed by atoms with Gasteiger partial charge in [0.25, 0.3) is 0 Å². The molecule has 1 amide bonds. The van der Waals surface area contributed by atoms with Crippen molar-refractivity contribution in [1.29, 1.82) is 0 Å². The van der Waals surface area contributed by atoms with E-state index < -0.39 is 48.0 Å². The van der Waals surface area contributed by atoms with Crippen LogP contribution in [0.2, 0.25) is 0 Å². The number of aliphatic hydroxyl groups is 2. The number of allylic oxidation sites excluding steroid dienone is 3. The van der Waals surface area contributed by atoms with E-state index in [0.29, 0.717) is 43.7 Å². The molecule has 1 aliphatic carbocycles. The van der Waals surface area contributed by atoms with Crippen LogP contribution in [0, 0.1) is 11.8 Å². The molecule has 3 atom stereocenters. The highest BCUT2D eigenvalue weighted by Crippen LogP contribution is 2.49. The molecule has 0 aromatic heterocycles. The van der Waals surface area contributed by atoms with Crippen molar-refractivity contribution < 1.29 is 50.8 Å². The van der Waals surface area contributed by atoms with Gasteiger partial charge >= 0.3 is 12.4 Å². The highest BCUT2D eigenvalue weighted by Gasteiger charge is 2.49. The van der Waals surface area contributed by atoms with Gasteiger partial charge in [-0.25, -0.2) is 0 Å². The third kappa shape index (κ3) is 7.39. The predicted octanol–water partition coefficient (Wildman–Crippen LogP) is 6.42. The van der Waals surface area contributed by atoms with E-state index >= 15 is 0 Å². The van der Waals surface area contributed by atoms with Gasteiger partial charge in [0.05, 0.1) is 31.0 Å². The first-order valence-corrected chi connectivity index (χ1v) is 15.6. The number of amides is 1. The average Bonchev–Trinajstić information content (AvgIpc) is 3.13. The smallest absolute Gasteiger partial charge is 0.431 e.